The van der Waals surface area contributed by atoms with E-state index < -0.39 is 10.8 Å². The van der Waals surface area contributed by atoms with E-state index in [-0.39, 0.29) is 11.6 Å². The molecule has 0 unspecified atom stereocenters. The number of benzene rings is 2. The second-order valence-corrected chi connectivity index (χ2v) is 5.30. The first kappa shape index (κ1) is 17.9. The summed E-state index contributed by atoms with van der Waals surface area (Å²) in [5.74, 6) is -0.635. The number of nitro benzene ring substituents is 1. The zero-order valence-electron chi connectivity index (χ0n) is 13.8. The molecule has 0 saturated carbocycles. The molecule has 0 heterocycles. The predicted molar refractivity (Wildman–Crippen MR) is 96.2 cm³/mol. The van der Waals surface area contributed by atoms with Gasteiger partial charge in [-0.1, -0.05) is 18.2 Å². The number of nitrogens with one attached hydrogen (secondary N) is 2. The maximum atomic E-state index is 12.1. The third kappa shape index (κ3) is 4.74. The molecule has 25 heavy (non-hydrogen) atoms. The van der Waals surface area contributed by atoms with Gasteiger partial charge in [0.25, 0.3) is 5.69 Å². The standard InChI is InChI=1S/C18H17N3O4/c1-12-15(19-13(2)22)7-5-8-16(12)20-18(23)11-10-14-6-3-4-9-17(14)21(24)25/h3-11H,1-2H3,(H,19,22)(H,20,23)/b11-10+. The number of hydrogen-bond donors (Lipinski definition) is 2. The van der Waals surface area contributed by atoms with Gasteiger partial charge in [-0.3, -0.25) is 19.7 Å². The van der Waals surface area contributed by atoms with E-state index in [1.54, 1.807) is 43.3 Å². The van der Waals surface area contributed by atoms with Crippen molar-refractivity contribution in [1.29, 1.82) is 0 Å². The van der Waals surface area contributed by atoms with Crippen LogP contribution in [-0.2, 0) is 9.59 Å². The van der Waals surface area contributed by atoms with Crippen LogP contribution in [0.2, 0.25) is 0 Å². The van der Waals surface area contributed by atoms with E-state index in [9.17, 15) is 19.7 Å². The van der Waals surface area contributed by atoms with Crippen molar-refractivity contribution in [3.8, 4) is 0 Å². The molecule has 2 amide bonds. The molecule has 0 bridgehead atoms. The summed E-state index contributed by atoms with van der Waals surface area (Å²) in [5.41, 5.74) is 2.13. The lowest BCUT2D eigenvalue weighted by Gasteiger charge is -2.11. The number of amides is 2. The van der Waals surface area contributed by atoms with Gasteiger partial charge in [-0.2, -0.15) is 0 Å². The number of carbonyl (C=O) groups excluding carboxylic acids is 2. The average Bonchev–Trinajstić information content (AvgIpc) is 2.56. The lowest BCUT2D eigenvalue weighted by atomic mass is 10.1. The Bertz CT molecular complexity index is 859. The molecule has 0 fully saturated rings. The zero-order chi connectivity index (χ0) is 18.4. The molecule has 0 spiro atoms. The number of carbonyl (C=O) groups is 2. The van der Waals surface area contributed by atoms with Gasteiger partial charge in [0.1, 0.15) is 0 Å². The van der Waals surface area contributed by atoms with E-state index in [0.717, 1.165) is 0 Å². The van der Waals surface area contributed by atoms with Crippen molar-refractivity contribution in [2.45, 2.75) is 13.8 Å². The molecule has 128 valence electrons. The Morgan fingerprint density at radius 2 is 1.68 bits per heavy atom. The summed E-state index contributed by atoms with van der Waals surface area (Å²) < 4.78 is 0. The summed E-state index contributed by atoms with van der Waals surface area (Å²) in [4.78, 5) is 33.7. The topological polar surface area (TPSA) is 101 Å². The Hall–Kier alpha value is -3.48. The molecule has 0 saturated heterocycles. The summed E-state index contributed by atoms with van der Waals surface area (Å²) >= 11 is 0. The number of hydrogen-bond acceptors (Lipinski definition) is 4. The molecule has 7 nitrogen and oxygen atoms in total. The molecule has 7 heteroatoms. The summed E-state index contributed by atoms with van der Waals surface area (Å²) in [5, 5.41) is 16.3. The largest absolute Gasteiger partial charge is 0.326 e. The molecule has 0 aliphatic rings. The highest BCUT2D eigenvalue weighted by Crippen LogP contribution is 2.23. The second-order valence-electron chi connectivity index (χ2n) is 5.30. The molecule has 0 aliphatic heterocycles. The Morgan fingerprint density at radius 3 is 2.32 bits per heavy atom. The van der Waals surface area contributed by atoms with Gasteiger partial charge in [0.05, 0.1) is 10.5 Å². The Labute approximate surface area is 144 Å². The Morgan fingerprint density at radius 1 is 1.04 bits per heavy atom. The van der Waals surface area contributed by atoms with Crippen LogP contribution in [0.15, 0.2) is 48.5 Å². The number of nitro groups is 1. The maximum absolute atomic E-state index is 12.1. The van der Waals surface area contributed by atoms with E-state index in [1.165, 1.54) is 25.1 Å². The number of nitrogens with zero attached hydrogens (tertiary/aromatic N) is 1. The van der Waals surface area contributed by atoms with Crippen LogP contribution in [0.25, 0.3) is 6.08 Å². The summed E-state index contributed by atoms with van der Waals surface area (Å²) in [6, 6.07) is 11.3. The molecule has 0 atom stereocenters. The van der Waals surface area contributed by atoms with Crippen LogP contribution < -0.4 is 10.6 Å². The van der Waals surface area contributed by atoms with E-state index in [4.69, 9.17) is 0 Å². The quantitative estimate of drug-likeness (QED) is 0.494. The van der Waals surface area contributed by atoms with Crippen molar-refractivity contribution in [3.63, 3.8) is 0 Å². The SMILES string of the molecule is CC(=O)Nc1cccc(NC(=O)/C=C/c2ccccc2[N+](=O)[O-])c1C. The minimum Gasteiger partial charge on any atom is -0.326 e. The minimum atomic E-state index is -0.501. The zero-order valence-corrected chi connectivity index (χ0v) is 13.8. The summed E-state index contributed by atoms with van der Waals surface area (Å²) in [7, 11) is 0. The van der Waals surface area contributed by atoms with Crippen LogP contribution in [0.4, 0.5) is 17.1 Å². The fraction of sp³-hybridized carbons (Fsp3) is 0.111. The van der Waals surface area contributed by atoms with Crippen molar-refractivity contribution in [3.05, 3.63) is 69.8 Å². The van der Waals surface area contributed by atoms with Crippen molar-refractivity contribution < 1.29 is 14.5 Å². The first-order valence-electron chi connectivity index (χ1n) is 7.48. The monoisotopic (exact) mass is 339 g/mol. The fourth-order valence-electron chi connectivity index (χ4n) is 2.23. The van der Waals surface area contributed by atoms with Gasteiger partial charge in [-0.05, 0) is 36.8 Å². The predicted octanol–water partition coefficient (Wildman–Crippen LogP) is 3.51. The molecule has 2 N–H and O–H groups in total. The number of para-hydroxylation sites is 1. The van der Waals surface area contributed by atoms with E-state index in [2.05, 4.69) is 10.6 Å². The minimum absolute atomic E-state index is 0.0737. The van der Waals surface area contributed by atoms with Gasteiger partial charge < -0.3 is 10.6 Å². The van der Waals surface area contributed by atoms with Crippen molar-refractivity contribution in [1.82, 2.24) is 0 Å². The molecular formula is C18H17N3O4. The first-order chi connectivity index (χ1) is 11.9. The van der Waals surface area contributed by atoms with Gasteiger partial charge in [-0.25, -0.2) is 0 Å². The first-order valence-corrected chi connectivity index (χ1v) is 7.48. The van der Waals surface area contributed by atoms with Gasteiger partial charge in [0.15, 0.2) is 0 Å². The third-order valence-electron chi connectivity index (χ3n) is 3.45. The lowest BCUT2D eigenvalue weighted by Crippen LogP contribution is -2.12. The highest BCUT2D eigenvalue weighted by molar-refractivity contribution is 6.03. The molecule has 0 aliphatic carbocycles. The highest BCUT2D eigenvalue weighted by Gasteiger charge is 2.10. The highest BCUT2D eigenvalue weighted by atomic mass is 16.6. The van der Waals surface area contributed by atoms with Crippen molar-refractivity contribution >= 4 is 35.0 Å². The van der Waals surface area contributed by atoms with Crippen molar-refractivity contribution in [2.75, 3.05) is 10.6 Å². The number of rotatable bonds is 5. The normalized spacial score (nSPS) is 10.5. The number of anilines is 2. The van der Waals surface area contributed by atoms with Crippen LogP contribution in [0.5, 0.6) is 0 Å². The fourth-order valence-corrected chi connectivity index (χ4v) is 2.23. The Kier molecular flexibility index (Phi) is 5.62. The van der Waals surface area contributed by atoms with Crippen LogP contribution in [0.3, 0.4) is 0 Å². The van der Waals surface area contributed by atoms with Gasteiger partial charge in [0.2, 0.25) is 11.8 Å². The van der Waals surface area contributed by atoms with Gasteiger partial charge in [-0.15, -0.1) is 0 Å². The Balaban J connectivity index is 2.16. The van der Waals surface area contributed by atoms with Crippen LogP contribution in [-0.4, -0.2) is 16.7 Å². The van der Waals surface area contributed by atoms with E-state index in [1.807, 2.05) is 0 Å². The molecule has 2 aromatic rings. The second kappa shape index (κ2) is 7.87. The van der Waals surface area contributed by atoms with Crippen molar-refractivity contribution in [2.24, 2.45) is 0 Å². The molecule has 2 aromatic carbocycles. The lowest BCUT2D eigenvalue weighted by molar-refractivity contribution is -0.385. The molecule has 2 rings (SSSR count). The van der Waals surface area contributed by atoms with Crippen LogP contribution in [0, 0.1) is 17.0 Å². The van der Waals surface area contributed by atoms with Crippen LogP contribution in [0.1, 0.15) is 18.1 Å². The maximum Gasteiger partial charge on any atom is 0.276 e. The van der Waals surface area contributed by atoms with Crippen LogP contribution >= 0.6 is 0 Å². The average molecular weight is 339 g/mol. The summed E-state index contributed by atoms with van der Waals surface area (Å²) in [6.45, 7) is 3.17. The van der Waals surface area contributed by atoms with E-state index >= 15 is 0 Å². The molecule has 0 radical (unpaired) electrons. The summed E-state index contributed by atoms with van der Waals surface area (Å²) in [6.07, 6.45) is 2.62. The molecule has 0 aromatic heterocycles. The smallest absolute Gasteiger partial charge is 0.276 e. The molecular weight excluding hydrogens is 322 g/mol. The third-order valence-corrected chi connectivity index (χ3v) is 3.45. The van der Waals surface area contributed by atoms with Gasteiger partial charge >= 0.3 is 0 Å². The van der Waals surface area contributed by atoms with Gasteiger partial charge in [0, 0.05) is 30.4 Å². The van der Waals surface area contributed by atoms with E-state index in [0.29, 0.717) is 22.5 Å².